The summed E-state index contributed by atoms with van der Waals surface area (Å²) in [7, 11) is 0. The van der Waals surface area contributed by atoms with Gasteiger partial charge < -0.3 is 19.9 Å². The smallest absolute Gasteiger partial charge is 0.257 e. The highest BCUT2D eigenvalue weighted by Crippen LogP contribution is 2.17. The number of hydrogen-bond donors (Lipinski definition) is 2. The fourth-order valence-corrected chi connectivity index (χ4v) is 1.36. The first-order valence-corrected chi connectivity index (χ1v) is 6.16. The van der Waals surface area contributed by atoms with E-state index in [-0.39, 0.29) is 25.6 Å². The zero-order valence-corrected chi connectivity index (χ0v) is 10.9. The summed E-state index contributed by atoms with van der Waals surface area (Å²) in [5.74, 6) is -2.14. The maximum Gasteiger partial charge on any atom is 0.257 e. The predicted octanol–water partition coefficient (Wildman–Crippen LogP) is 0.859. The zero-order chi connectivity index (χ0) is 14.8. The van der Waals surface area contributed by atoms with E-state index in [1.165, 1.54) is 0 Å². The van der Waals surface area contributed by atoms with E-state index in [2.05, 4.69) is 5.32 Å². The lowest BCUT2D eigenvalue weighted by atomic mass is 10.3. The van der Waals surface area contributed by atoms with Gasteiger partial charge in [-0.1, -0.05) is 0 Å². The Hall–Kier alpha value is -1.73. The molecule has 0 radical (unpaired) electrons. The maximum absolute atomic E-state index is 13.2. The molecule has 112 valence electrons. The normalized spacial score (nSPS) is 10.3. The molecule has 0 saturated carbocycles. The first kappa shape index (κ1) is 16.3. The maximum atomic E-state index is 13.2. The third-order valence-corrected chi connectivity index (χ3v) is 2.28. The topological polar surface area (TPSA) is 67.8 Å². The molecular weight excluding hydrogens is 272 g/mol. The molecule has 0 atom stereocenters. The van der Waals surface area contributed by atoms with Crippen molar-refractivity contribution < 1.29 is 28.2 Å². The van der Waals surface area contributed by atoms with Crippen LogP contribution in [-0.2, 0) is 9.53 Å². The van der Waals surface area contributed by atoms with Crippen LogP contribution in [0, 0.1) is 11.6 Å². The van der Waals surface area contributed by atoms with Crippen molar-refractivity contribution in [3.8, 4) is 5.75 Å². The minimum atomic E-state index is -0.852. The van der Waals surface area contributed by atoms with Gasteiger partial charge in [0, 0.05) is 19.2 Å². The Bertz CT molecular complexity index is 429. The standard InChI is InChI=1S/C13H17F2NO4/c14-10-2-3-12(11(15)8-10)20-9-13(18)16-4-1-6-19-7-5-17/h2-3,8,17H,1,4-7,9H2,(H,16,18). The van der Waals surface area contributed by atoms with Gasteiger partial charge in [-0.15, -0.1) is 0 Å². The molecule has 7 heteroatoms. The van der Waals surface area contributed by atoms with Crippen molar-refractivity contribution in [3.63, 3.8) is 0 Å². The van der Waals surface area contributed by atoms with Crippen molar-refractivity contribution in [1.82, 2.24) is 5.32 Å². The molecule has 0 spiro atoms. The second kappa shape index (κ2) is 9.22. The largest absolute Gasteiger partial charge is 0.481 e. The summed E-state index contributed by atoms with van der Waals surface area (Å²) in [6.07, 6.45) is 0.594. The van der Waals surface area contributed by atoms with E-state index in [0.717, 1.165) is 12.1 Å². The van der Waals surface area contributed by atoms with Gasteiger partial charge in [-0.05, 0) is 18.6 Å². The number of amides is 1. The van der Waals surface area contributed by atoms with E-state index in [9.17, 15) is 13.6 Å². The summed E-state index contributed by atoms with van der Waals surface area (Å²) in [6, 6.07) is 2.86. The van der Waals surface area contributed by atoms with Crippen LogP contribution in [0.1, 0.15) is 6.42 Å². The van der Waals surface area contributed by atoms with E-state index < -0.39 is 17.5 Å². The number of hydrogen-bond acceptors (Lipinski definition) is 4. The van der Waals surface area contributed by atoms with Crippen molar-refractivity contribution in [2.45, 2.75) is 6.42 Å². The number of carbonyl (C=O) groups excluding carboxylic acids is 1. The molecule has 5 nitrogen and oxygen atoms in total. The van der Waals surface area contributed by atoms with Crippen LogP contribution in [0.3, 0.4) is 0 Å². The first-order chi connectivity index (χ1) is 9.63. The van der Waals surface area contributed by atoms with Crippen LogP contribution in [0.15, 0.2) is 18.2 Å². The molecule has 1 amide bonds. The molecule has 1 aromatic rings. The highest BCUT2D eigenvalue weighted by Gasteiger charge is 2.07. The average Bonchev–Trinajstić information content (AvgIpc) is 2.41. The Kier molecular flexibility index (Phi) is 7.52. The Balaban J connectivity index is 2.16. The number of aliphatic hydroxyl groups is 1. The van der Waals surface area contributed by atoms with Gasteiger partial charge in [0.05, 0.1) is 13.2 Å². The van der Waals surface area contributed by atoms with E-state index in [1.54, 1.807) is 0 Å². The lowest BCUT2D eigenvalue weighted by Crippen LogP contribution is -2.30. The average molecular weight is 289 g/mol. The molecule has 0 heterocycles. The minimum Gasteiger partial charge on any atom is -0.481 e. The molecule has 0 aliphatic carbocycles. The number of nitrogens with one attached hydrogen (secondary N) is 1. The van der Waals surface area contributed by atoms with Crippen LogP contribution in [0.5, 0.6) is 5.75 Å². The van der Waals surface area contributed by atoms with Crippen LogP contribution >= 0.6 is 0 Å². The van der Waals surface area contributed by atoms with Gasteiger partial charge in [0.1, 0.15) is 5.82 Å². The first-order valence-electron chi connectivity index (χ1n) is 6.16. The molecule has 1 rings (SSSR count). The summed E-state index contributed by atoms with van der Waals surface area (Å²) in [5, 5.41) is 11.0. The number of rotatable bonds is 9. The van der Waals surface area contributed by atoms with Crippen molar-refractivity contribution >= 4 is 5.91 Å². The summed E-state index contributed by atoms with van der Waals surface area (Å²) < 4.78 is 35.8. The van der Waals surface area contributed by atoms with Crippen LogP contribution in [0.2, 0.25) is 0 Å². The van der Waals surface area contributed by atoms with Gasteiger partial charge in [-0.2, -0.15) is 0 Å². The van der Waals surface area contributed by atoms with Crippen molar-refractivity contribution in [3.05, 3.63) is 29.8 Å². The number of halogens is 2. The second-order valence-corrected chi connectivity index (χ2v) is 3.90. The number of carbonyl (C=O) groups is 1. The van der Waals surface area contributed by atoms with Gasteiger partial charge in [-0.25, -0.2) is 8.78 Å². The Labute approximate surface area is 115 Å². The molecule has 0 unspecified atom stereocenters. The van der Waals surface area contributed by atoms with Gasteiger partial charge in [0.2, 0.25) is 0 Å². The second-order valence-electron chi connectivity index (χ2n) is 3.90. The molecule has 0 bridgehead atoms. The molecule has 2 N–H and O–H groups in total. The third kappa shape index (κ3) is 6.44. The lowest BCUT2D eigenvalue weighted by Gasteiger charge is -2.08. The Morgan fingerprint density at radius 2 is 2.10 bits per heavy atom. The molecular formula is C13H17F2NO4. The van der Waals surface area contributed by atoms with Gasteiger partial charge in [-0.3, -0.25) is 4.79 Å². The fourth-order valence-electron chi connectivity index (χ4n) is 1.36. The highest BCUT2D eigenvalue weighted by atomic mass is 19.1. The summed E-state index contributed by atoms with van der Waals surface area (Å²) in [4.78, 5) is 11.4. The third-order valence-electron chi connectivity index (χ3n) is 2.28. The predicted molar refractivity (Wildman–Crippen MR) is 67.4 cm³/mol. The van der Waals surface area contributed by atoms with Gasteiger partial charge >= 0.3 is 0 Å². The quantitative estimate of drug-likeness (QED) is 0.662. The summed E-state index contributed by atoms with van der Waals surface area (Å²) >= 11 is 0. The minimum absolute atomic E-state index is 0.0383. The molecule has 0 aromatic heterocycles. The van der Waals surface area contributed by atoms with Crippen LogP contribution < -0.4 is 10.1 Å². The molecule has 0 aliphatic rings. The number of benzene rings is 1. The molecule has 0 fully saturated rings. The van der Waals surface area contributed by atoms with Crippen molar-refractivity contribution in [1.29, 1.82) is 0 Å². The van der Waals surface area contributed by atoms with Crippen LogP contribution in [0.4, 0.5) is 8.78 Å². The monoisotopic (exact) mass is 289 g/mol. The molecule has 20 heavy (non-hydrogen) atoms. The number of aliphatic hydroxyl groups excluding tert-OH is 1. The van der Waals surface area contributed by atoms with Gasteiger partial charge in [0.25, 0.3) is 5.91 Å². The summed E-state index contributed by atoms with van der Waals surface area (Å²) in [5.41, 5.74) is 0. The van der Waals surface area contributed by atoms with Gasteiger partial charge in [0.15, 0.2) is 18.2 Å². The molecule has 1 aromatic carbocycles. The fraction of sp³-hybridized carbons (Fsp3) is 0.462. The van der Waals surface area contributed by atoms with Crippen LogP contribution in [-0.4, -0.2) is 44.0 Å². The zero-order valence-electron chi connectivity index (χ0n) is 10.9. The lowest BCUT2D eigenvalue weighted by molar-refractivity contribution is -0.123. The van der Waals surface area contributed by atoms with Crippen molar-refractivity contribution in [2.75, 3.05) is 33.0 Å². The van der Waals surface area contributed by atoms with E-state index in [4.69, 9.17) is 14.6 Å². The Morgan fingerprint density at radius 1 is 1.30 bits per heavy atom. The highest BCUT2D eigenvalue weighted by molar-refractivity contribution is 5.77. The SMILES string of the molecule is O=C(COc1ccc(F)cc1F)NCCCOCCO. The Morgan fingerprint density at radius 3 is 2.80 bits per heavy atom. The number of ether oxygens (including phenoxy) is 2. The van der Waals surface area contributed by atoms with E-state index in [1.807, 2.05) is 0 Å². The summed E-state index contributed by atoms with van der Waals surface area (Å²) in [6.45, 7) is 0.693. The van der Waals surface area contributed by atoms with E-state index >= 15 is 0 Å². The van der Waals surface area contributed by atoms with Crippen LogP contribution in [0.25, 0.3) is 0 Å². The van der Waals surface area contributed by atoms with Crippen molar-refractivity contribution in [2.24, 2.45) is 0 Å². The molecule has 0 aliphatic heterocycles. The van der Waals surface area contributed by atoms with E-state index in [0.29, 0.717) is 25.6 Å². The molecule has 0 saturated heterocycles.